The van der Waals surface area contributed by atoms with Crippen LogP contribution < -0.4 is 9.84 Å². The highest BCUT2D eigenvalue weighted by Crippen LogP contribution is 2.46. The number of carbonyl (C=O) groups is 1. The molecule has 0 amide bonds. The number of nitrogens with zero attached hydrogens (tertiary/aromatic N) is 1. The van der Waals surface area contributed by atoms with Gasteiger partial charge < -0.3 is 9.84 Å². The van der Waals surface area contributed by atoms with Crippen LogP contribution in [-0.2, 0) is 4.79 Å². The van der Waals surface area contributed by atoms with Gasteiger partial charge in [0, 0.05) is 17.2 Å². The van der Waals surface area contributed by atoms with Crippen molar-refractivity contribution in [1.29, 1.82) is 0 Å². The molecule has 0 N–H and O–H groups in total. The van der Waals surface area contributed by atoms with E-state index in [1.165, 1.54) is 25.3 Å². The van der Waals surface area contributed by atoms with E-state index in [2.05, 4.69) is 0 Å². The number of hydrogen-bond donors (Lipinski definition) is 0. The number of rotatable bonds is 5. The van der Waals surface area contributed by atoms with E-state index in [1.54, 1.807) is 0 Å². The molecule has 1 aromatic carbocycles. The van der Waals surface area contributed by atoms with Gasteiger partial charge in [-0.25, -0.2) is 0 Å². The van der Waals surface area contributed by atoms with Crippen LogP contribution in [0.3, 0.4) is 0 Å². The molecule has 0 bridgehead atoms. The monoisotopic (exact) mass is 276 g/mol. The normalized spacial score (nSPS) is 16.1. The molecule has 1 aliphatic carbocycles. The fourth-order valence-electron chi connectivity index (χ4n) is 1.80. The fourth-order valence-corrected chi connectivity index (χ4v) is 1.80. The molecular weight excluding hydrogens is 262 g/mol. The van der Waals surface area contributed by atoms with Crippen molar-refractivity contribution in [1.82, 2.24) is 0 Å². The number of ether oxygens (including phenoxy) is 1. The van der Waals surface area contributed by atoms with Crippen molar-refractivity contribution in [2.45, 2.75) is 19.8 Å². The van der Waals surface area contributed by atoms with E-state index in [1.807, 2.05) is 6.92 Å². The van der Waals surface area contributed by atoms with Gasteiger partial charge in [0.15, 0.2) is 5.78 Å². The first-order valence-electron chi connectivity index (χ1n) is 6.13. The molecule has 0 spiro atoms. The molecule has 0 unspecified atom stereocenters. The molecule has 0 atom stereocenters. The van der Waals surface area contributed by atoms with Crippen LogP contribution in [0.2, 0.25) is 0 Å². The number of nitro groups is 1. The molecule has 2 rings (SSSR count). The van der Waals surface area contributed by atoms with Crippen LogP contribution >= 0.6 is 0 Å². The number of carbonyl (C=O) groups excluding carboxylic acids is 1. The third-order valence-electron chi connectivity index (χ3n) is 3.50. The average molecular weight is 276 g/mol. The van der Waals surface area contributed by atoms with Crippen LogP contribution in [0.4, 0.5) is 5.69 Å². The Morgan fingerprint density at radius 2 is 2.10 bits per heavy atom. The Morgan fingerprint density at radius 1 is 1.45 bits per heavy atom. The molecule has 6 nitrogen and oxygen atoms in total. The lowest BCUT2D eigenvalue weighted by Crippen LogP contribution is -2.07. The molecule has 1 aromatic rings. The highest BCUT2D eigenvalue weighted by atomic mass is 16.6. The van der Waals surface area contributed by atoms with E-state index in [9.17, 15) is 20.0 Å². The standard InChI is InChI=1S/C14H15NO5/c1-14(5-6-14)12(16)4-3-9-7-10(15(18)19)13(17)11(8-9)20-2/h3-4,7-8,17H,5-6H2,1-2H3/p-1/b4-3+. The summed E-state index contributed by atoms with van der Waals surface area (Å²) in [5, 5.41) is 22.5. The molecule has 1 saturated carbocycles. The minimum Gasteiger partial charge on any atom is -0.865 e. The summed E-state index contributed by atoms with van der Waals surface area (Å²) in [4.78, 5) is 21.9. The van der Waals surface area contributed by atoms with E-state index in [4.69, 9.17) is 4.74 Å². The van der Waals surface area contributed by atoms with Crippen molar-refractivity contribution >= 4 is 17.5 Å². The van der Waals surface area contributed by atoms with Gasteiger partial charge in [0.25, 0.3) is 5.69 Å². The Balaban J connectivity index is 2.32. The number of ketones is 1. The summed E-state index contributed by atoms with van der Waals surface area (Å²) in [6.07, 6.45) is 4.59. The largest absolute Gasteiger partial charge is 0.865 e. The average Bonchev–Trinajstić information content (AvgIpc) is 3.16. The van der Waals surface area contributed by atoms with Crippen LogP contribution in [0.1, 0.15) is 25.3 Å². The fraction of sp³-hybridized carbons (Fsp3) is 0.357. The SMILES string of the molecule is COc1cc(/C=C/C(=O)C2(C)CC2)cc([N+](=O)[O-])c1[O-]. The Labute approximate surface area is 115 Å². The van der Waals surface area contributed by atoms with Crippen LogP contribution in [0.25, 0.3) is 6.08 Å². The molecule has 0 heterocycles. The number of benzene rings is 1. The maximum Gasteiger partial charge on any atom is 0.266 e. The third-order valence-corrected chi connectivity index (χ3v) is 3.50. The van der Waals surface area contributed by atoms with Crippen LogP contribution in [-0.4, -0.2) is 17.8 Å². The molecule has 0 radical (unpaired) electrons. The lowest BCUT2D eigenvalue weighted by Gasteiger charge is -2.13. The first kappa shape index (κ1) is 14.0. The van der Waals surface area contributed by atoms with Crippen molar-refractivity contribution < 1.29 is 19.6 Å². The van der Waals surface area contributed by atoms with Crippen molar-refractivity contribution in [3.05, 3.63) is 33.9 Å². The highest BCUT2D eigenvalue weighted by Gasteiger charge is 2.43. The molecule has 0 aromatic heterocycles. The Kier molecular flexibility index (Phi) is 3.48. The lowest BCUT2D eigenvalue weighted by molar-refractivity contribution is -0.398. The van der Waals surface area contributed by atoms with Crippen molar-refractivity contribution in [3.8, 4) is 11.5 Å². The second-order valence-corrected chi connectivity index (χ2v) is 5.09. The van der Waals surface area contributed by atoms with E-state index in [-0.39, 0.29) is 16.9 Å². The zero-order chi connectivity index (χ0) is 14.9. The van der Waals surface area contributed by atoms with Gasteiger partial charge in [-0.1, -0.05) is 13.0 Å². The molecular formula is C14H14NO5-. The van der Waals surface area contributed by atoms with E-state index < -0.39 is 16.4 Å². The van der Waals surface area contributed by atoms with Gasteiger partial charge in [0.2, 0.25) is 0 Å². The molecule has 1 aliphatic rings. The first-order valence-corrected chi connectivity index (χ1v) is 6.13. The minimum absolute atomic E-state index is 0.00896. The van der Waals surface area contributed by atoms with Gasteiger partial charge >= 0.3 is 0 Å². The lowest BCUT2D eigenvalue weighted by atomic mass is 10.0. The summed E-state index contributed by atoms with van der Waals surface area (Å²) in [7, 11) is 1.27. The number of nitro benzene ring substituents is 1. The predicted molar refractivity (Wildman–Crippen MR) is 70.5 cm³/mol. The Hall–Kier alpha value is -2.37. The van der Waals surface area contributed by atoms with Gasteiger partial charge in [-0.3, -0.25) is 14.9 Å². The van der Waals surface area contributed by atoms with Crippen molar-refractivity contribution in [2.75, 3.05) is 7.11 Å². The van der Waals surface area contributed by atoms with Gasteiger partial charge in [-0.05, 0) is 30.5 Å². The topological polar surface area (TPSA) is 92.5 Å². The predicted octanol–water partition coefficient (Wildman–Crippen LogP) is 2.06. The quantitative estimate of drug-likeness (QED) is 0.466. The molecule has 0 saturated heterocycles. The number of allylic oxidation sites excluding steroid dienone is 1. The van der Waals surface area contributed by atoms with Crippen LogP contribution in [0.5, 0.6) is 11.5 Å². The summed E-state index contributed by atoms with van der Waals surface area (Å²) in [5.74, 6) is -0.885. The molecule has 1 fully saturated rings. The molecule has 20 heavy (non-hydrogen) atoms. The summed E-state index contributed by atoms with van der Waals surface area (Å²) in [6, 6.07) is 2.53. The highest BCUT2D eigenvalue weighted by molar-refractivity contribution is 5.99. The summed E-state index contributed by atoms with van der Waals surface area (Å²) in [5.41, 5.74) is -0.454. The Bertz CT molecular complexity index is 602. The smallest absolute Gasteiger partial charge is 0.266 e. The van der Waals surface area contributed by atoms with E-state index in [0.717, 1.165) is 18.9 Å². The van der Waals surface area contributed by atoms with Gasteiger partial charge in [-0.15, -0.1) is 0 Å². The van der Waals surface area contributed by atoms with Crippen molar-refractivity contribution in [3.63, 3.8) is 0 Å². The number of methoxy groups -OCH3 is 1. The van der Waals surface area contributed by atoms with Crippen LogP contribution in [0, 0.1) is 15.5 Å². The summed E-state index contributed by atoms with van der Waals surface area (Å²) < 4.78 is 4.83. The molecule has 0 aliphatic heterocycles. The van der Waals surface area contributed by atoms with Crippen LogP contribution in [0.15, 0.2) is 18.2 Å². The zero-order valence-electron chi connectivity index (χ0n) is 11.2. The first-order chi connectivity index (χ1) is 9.37. The summed E-state index contributed by atoms with van der Waals surface area (Å²) in [6.45, 7) is 1.88. The minimum atomic E-state index is -0.768. The second-order valence-electron chi connectivity index (χ2n) is 5.09. The van der Waals surface area contributed by atoms with Gasteiger partial charge in [0.1, 0.15) is 5.75 Å². The third kappa shape index (κ3) is 2.64. The van der Waals surface area contributed by atoms with Crippen molar-refractivity contribution in [2.24, 2.45) is 5.41 Å². The van der Waals surface area contributed by atoms with E-state index >= 15 is 0 Å². The maximum absolute atomic E-state index is 11.8. The summed E-state index contributed by atoms with van der Waals surface area (Å²) >= 11 is 0. The zero-order valence-corrected chi connectivity index (χ0v) is 11.2. The van der Waals surface area contributed by atoms with Gasteiger partial charge in [-0.2, -0.15) is 0 Å². The second kappa shape index (κ2) is 4.96. The number of hydrogen-bond acceptors (Lipinski definition) is 5. The maximum atomic E-state index is 11.8. The molecule has 6 heteroatoms. The molecule has 106 valence electrons. The Morgan fingerprint density at radius 3 is 2.60 bits per heavy atom. The van der Waals surface area contributed by atoms with E-state index in [0.29, 0.717) is 5.56 Å². The van der Waals surface area contributed by atoms with Gasteiger partial charge in [0.05, 0.1) is 12.0 Å².